The van der Waals surface area contributed by atoms with E-state index in [-0.39, 0.29) is 6.42 Å². The lowest BCUT2D eigenvalue weighted by Gasteiger charge is -1.93. The Morgan fingerprint density at radius 3 is 2.50 bits per heavy atom. The summed E-state index contributed by atoms with van der Waals surface area (Å²) in [6.45, 7) is 1.65. The molecule has 0 aromatic heterocycles. The average Bonchev–Trinajstić information content (AvgIpc) is 1.87. The summed E-state index contributed by atoms with van der Waals surface area (Å²) in [5.74, 6) is -0.814. The van der Waals surface area contributed by atoms with Gasteiger partial charge in [0.05, 0.1) is 5.71 Å². The van der Waals surface area contributed by atoms with Crippen molar-refractivity contribution in [2.24, 2.45) is 5.16 Å². The predicted octanol–water partition coefficient (Wildman–Crippen LogP) is 1.09. The van der Waals surface area contributed by atoms with Gasteiger partial charge in [0, 0.05) is 6.42 Å². The van der Waals surface area contributed by atoms with Crippen molar-refractivity contribution in [1.29, 1.82) is 0 Å². The maximum absolute atomic E-state index is 9.97. The second kappa shape index (κ2) is 4.78. The van der Waals surface area contributed by atoms with Crippen LogP contribution in [0.1, 0.15) is 26.2 Å². The summed E-state index contributed by atoms with van der Waals surface area (Å²) in [5, 5.41) is 19.2. The van der Waals surface area contributed by atoms with Crippen molar-refractivity contribution in [3.05, 3.63) is 0 Å². The van der Waals surface area contributed by atoms with Gasteiger partial charge in [0.2, 0.25) is 0 Å². The zero-order valence-corrected chi connectivity index (χ0v) is 5.87. The summed E-state index contributed by atoms with van der Waals surface area (Å²) in [4.78, 5) is 9.97. The molecule has 0 unspecified atom stereocenters. The molecule has 2 N–H and O–H groups in total. The summed E-state index contributed by atoms with van der Waals surface area (Å²) in [5.41, 5.74) is 0.571. The molecular formula is C6H11NO3. The number of hydrogen-bond acceptors (Lipinski definition) is 3. The highest BCUT2D eigenvalue weighted by atomic mass is 16.4. The molecule has 0 heterocycles. The molecule has 0 rings (SSSR count). The van der Waals surface area contributed by atoms with Gasteiger partial charge in [0.25, 0.3) is 0 Å². The molecule has 0 aliphatic heterocycles. The van der Waals surface area contributed by atoms with E-state index in [9.17, 15) is 4.79 Å². The Hall–Kier alpha value is -1.06. The van der Waals surface area contributed by atoms with Gasteiger partial charge in [0.15, 0.2) is 0 Å². The Balaban J connectivity index is 3.29. The van der Waals surface area contributed by atoms with Crippen molar-refractivity contribution in [1.82, 2.24) is 0 Å². The van der Waals surface area contributed by atoms with E-state index in [2.05, 4.69) is 5.16 Å². The van der Waals surface area contributed by atoms with E-state index < -0.39 is 5.97 Å². The smallest absolute Gasteiger partial charge is 0.303 e. The molecule has 0 aromatic rings. The first-order valence-electron chi connectivity index (χ1n) is 3.06. The van der Waals surface area contributed by atoms with Gasteiger partial charge in [-0.05, 0) is 19.8 Å². The highest BCUT2D eigenvalue weighted by Crippen LogP contribution is 1.96. The SMILES string of the molecule is C/C(CCCC(=O)O)=N\O. The molecule has 0 aromatic carbocycles. The van der Waals surface area contributed by atoms with Crippen molar-refractivity contribution >= 4 is 11.7 Å². The van der Waals surface area contributed by atoms with Gasteiger partial charge in [0.1, 0.15) is 0 Å². The molecule has 0 saturated carbocycles. The molecule has 4 heteroatoms. The van der Waals surface area contributed by atoms with Crippen molar-refractivity contribution in [3.8, 4) is 0 Å². The molecule has 0 atom stereocenters. The maximum Gasteiger partial charge on any atom is 0.303 e. The Kier molecular flexibility index (Phi) is 4.28. The number of carbonyl (C=O) groups is 1. The molecular weight excluding hydrogens is 134 g/mol. The number of hydrogen-bond donors (Lipinski definition) is 2. The summed E-state index contributed by atoms with van der Waals surface area (Å²) >= 11 is 0. The third kappa shape index (κ3) is 5.08. The van der Waals surface area contributed by atoms with Crippen LogP contribution < -0.4 is 0 Å². The van der Waals surface area contributed by atoms with E-state index in [1.807, 2.05) is 0 Å². The van der Waals surface area contributed by atoms with Gasteiger partial charge >= 0.3 is 5.97 Å². The molecule has 0 fully saturated rings. The second-order valence-corrected chi connectivity index (χ2v) is 2.08. The Labute approximate surface area is 59.2 Å². The summed E-state index contributed by atoms with van der Waals surface area (Å²) in [7, 11) is 0. The third-order valence-corrected chi connectivity index (χ3v) is 1.10. The molecule has 0 bridgehead atoms. The number of nitrogens with zero attached hydrogens (tertiary/aromatic N) is 1. The first-order chi connectivity index (χ1) is 4.66. The van der Waals surface area contributed by atoms with E-state index in [1.165, 1.54) is 0 Å². The highest BCUT2D eigenvalue weighted by Gasteiger charge is 1.97. The van der Waals surface area contributed by atoms with E-state index in [4.69, 9.17) is 10.3 Å². The number of carboxylic acids is 1. The van der Waals surface area contributed by atoms with E-state index in [0.29, 0.717) is 18.6 Å². The van der Waals surface area contributed by atoms with Crippen LogP contribution >= 0.6 is 0 Å². The Morgan fingerprint density at radius 1 is 1.50 bits per heavy atom. The van der Waals surface area contributed by atoms with Crippen molar-refractivity contribution < 1.29 is 15.1 Å². The monoisotopic (exact) mass is 145 g/mol. The van der Waals surface area contributed by atoms with Crippen LogP contribution in [0.25, 0.3) is 0 Å². The largest absolute Gasteiger partial charge is 0.481 e. The van der Waals surface area contributed by atoms with Crippen molar-refractivity contribution in [2.75, 3.05) is 0 Å². The van der Waals surface area contributed by atoms with Gasteiger partial charge in [-0.1, -0.05) is 5.16 Å². The fraction of sp³-hybridized carbons (Fsp3) is 0.667. The van der Waals surface area contributed by atoms with E-state index in [1.54, 1.807) is 6.92 Å². The summed E-state index contributed by atoms with van der Waals surface area (Å²) < 4.78 is 0. The lowest BCUT2D eigenvalue weighted by Crippen LogP contribution is -1.97. The molecule has 0 aliphatic carbocycles. The van der Waals surface area contributed by atoms with Crippen LogP contribution in [-0.4, -0.2) is 22.0 Å². The molecule has 10 heavy (non-hydrogen) atoms. The van der Waals surface area contributed by atoms with E-state index in [0.717, 1.165) is 0 Å². The zero-order chi connectivity index (χ0) is 7.98. The Bertz CT molecular complexity index is 142. The number of carboxylic acid groups (broad SMARTS) is 1. The first kappa shape index (κ1) is 8.94. The van der Waals surface area contributed by atoms with Crippen LogP contribution in [0.4, 0.5) is 0 Å². The third-order valence-electron chi connectivity index (χ3n) is 1.10. The minimum atomic E-state index is -0.814. The Morgan fingerprint density at radius 2 is 2.10 bits per heavy atom. The van der Waals surface area contributed by atoms with Gasteiger partial charge in [-0.2, -0.15) is 0 Å². The van der Waals surface area contributed by atoms with Crippen LogP contribution in [0.5, 0.6) is 0 Å². The summed E-state index contributed by atoms with van der Waals surface area (Å²) in [6.07, 6.45) is 1.21. The average molecular weight is 145 g/mol. The number of rotatable bonds is 4. The van der Waals surface area contributed by atoms with Gasteiger partial charge in [-0.15, -0.1) is 0 Å². The fourth-order valence-corrected chi connectivity index (χ4v) is 0.545. The quantitative estimate of drug-likeness (QED) is 0.353. The van der Waals surface area contributed by atoms with Gasteiger partial charge < -0.3 is 10.3 Å². The topological polar surface area (TPSA) is 69.9 Å². The van der Waals surface area contributed by atoms with Crippen LogP contribution in [0.15, 0.2) is 5.16 Å². The van der Waals surface area contributed by atoms with Crippen LogP contribution in [0.3, 0.4) is 0 Å². The molecule has 0 aliphatic rings. The summed E-state index contributed by atoms with van der Waals surface area (Å²) in [6, 6.07) is 0. The number of oxime groups is 1. The number of aliphatic carboxylic acids is 1. The fourth-order valence-electron chi connectivity index (χ4n) is 0.545. The van der Waals surface area contributed by atoms with Crippen LogP contribution in [0.2, 0.25) is 0 Å². The van der Waals surface area contributed by atoms with Gasteiger partial charge in [-0.3, -0.25) is 4.79 Å². The lowest BCUT2D eigenvalue weighted by molar-refractivity contribution is -0.137. The van der Waals surface area contributed by atoms with Crippen molar-refractivity contribution in [2.45, 2.75) is 26.2 Å². The molecule has 58 valence electrons. The molecule has 0 radical (unpaired) electrons. The standard InChI is InChI=1S/C6H11NO3/c1-5(7-10)3-2-4-6(8)9/h10H,2-4H2,1H3,(H,8,9)/b7-5+. The molecule has 0 amide bonds. The maximum atomic E-state index is 9.97. The lowest BCUT2D eigenvalue weighted by atomic mass is 10.2. The minimum Gasteiger partial charge on any atom is -0.481 e. The predicted molar refractivity (Wildman–Crippen MR) is 36.4 cm³/mol. The normalized spacial score (nSPS) is 11.5. The van der Waals surface area contributed by atoms with E-state index >= 15 is 0 Å². The molecule has 0 spiro atoms. The van der Waals surface area contributed by atoms with Crippen molar-refractivity contribution in [3.63, 3.8) is 0 Å². The second-order valence-electron chi connectivity index (χ2n) is 2.08. The van der Waals surface area contributed by atoms with Crippen LogP contribution in [-0.2, 0) is 4.79 Å². The minimum absolute atomic E-state index is 0.132. The zero-order valence-electron chi connectivity index (χ0n) is 5.87. The molecule has 0 saturated heterocycles. The van der Waals surface area contributed by atoms with Gasteiger partial charge in [-0.25, -0.2) is 0 Å². The molecule has 4 nitrogen and oxygen atoms in total. The first-order valence-corrected chi connectivity index (χ1v) is 3.06. The highest BCUT2D eigenvalue weighted by molar-refractivity contribution is 5.81. The van der Waals surface area contributed by atoms with Crippen LogP contribution in [0, 0.1) is 0 Å².